The van der Waals surface area contributed by atoms with E-state index in [-0.39, 0.29) is 5.91 Å². The number of halogens is 2. The fourth-order valence-corrected chi connectivity index (χ4v) is 2.33. The van der Waals surface area contributed by atoms with Crippen LogP contribution in [0.3, 0.4) is 0 Å². The van der Waals surface area contributed by atoms with Crippen molar-refractivity contribution < 1.29 is 4.79 Å². The van der Waals surface area contributed by atoms with Crippen LogP contribution >= 0.6 is 23.2 Å². The summed E-state index contributed by atoms with van der Waals surface area (Å²) in [6, 6.07) is 5.07. The standard InChI is InChI=1S/C15H21Cl2NO/c1-2-3-4-5-6-7-8-15(19)18-14-10-9-12(16)11-13(14)17/h9-11H,2-8H2,1H3,(H,18,19). The Morgan fingerprint density at radius 1 is 1.11 bits per heavy atom. The summed E-state index contributed by atoms with van der Waals surface area (Å²) in [5.41, 5.74) is 0.627. The van der Waals surface area contributed by atoms with Crippen LogP contribution < -0.4 is 5.32 Å². The fraction of sp³-hybridized carbons (Fsp3) is 0.533. The molecule has 0 radical (unpaired) electrons. The second-order valence-corrected chi connectivity index (χ2v) is 5.53. The molecule has 4 heteroatoms. The van der Waals surface area contributed by atoms with E-state index in [1.165, 1.54) is 25.7 Å². The van der Waals surface area contributed by atoms with Crippen LogP contribution in [0.1, 0.15) is 51.9 Å². The number of carbonyl (C=O) groups excluding carboxylic acids is 1. The lowest BCUT2D eigenvalue weighted by Crippen LogP contribution is -2.11. The van der Waals surface area contributed by atoms with Crippen molar-refractivity contribution in [1.29, 1.82) is 0 Å². The van der Waals surface area contributed by atoms with Crippen LogP contribution in [-0.2, 0) is 4.79 Å². The van der Waals surface area contributed by atoms with Crippen molar-refractivity contribution in [2.75, 3.05) is 5.32 Å². The van der Waals surface area contributed by atoms with Crippen molar-refractivity contribution in [3.63, 3.8) is 0 Å². The SMILES string of the molecule is CCCCCCCCC(=O)Nc1ccc(Cl)cc1Cl. The molecular formula is C15H21Cl2NO. The molecule has 1 rings (SSSR count). The lowest BCUT2D eigenvalue weighted by molar-refractivity contribution is -0.116. The first-order chi connectivity index (χ1) is 9.13. The van der Waals surface area contributed by atoms with E-state index in [9.17, 15) is 4.79 Å². The van der Waals surface area contributed by atoms with Gasteiger partial charge >= 0.3 is 0 Å². The molecule has 1 amide bonds. The molecule has 0 unspecified atom stereocenters. The molecule has 0 aliphatic carbocycles. The number of benzene rings is 1. The number of hydrogen-bond donors (Lipinski definition) is 1. The second kappa shape index (κ2) is 9.22. The third kappa shape index (κ3) is 6.84. The molecular weight excluding hydrogens is 281 g/mol. The Morgan fingerprint density at radius 2 is 1.79 bits per heavy atom. The van der Waals surface area contributed by atoms with E-state index >= 15 is 0 Å². The summed E-state index contributed by atoms with van der Waals surface area (Å²) < 4.78 is 0. The topological polar surface area (TPSA) is 29.1 Å². The van der Waals surface area contributed by atoms with E-state index in [0.717, 1.165) is 12.8 Å². The number of nitrogens with one attached hydrogen (secondary N) is 1. The van der Waals surface area contributed by atoms with E-state index in [2.05, 4.69) is 12.2 Å². The van der Waals surface area contributed by atoms with Gasteiger partial charge in [-0.05, 0) is 24.6 Å². The Bertz CT molecular complexity index is 407. The number of anilines is 1. The van der Waals surface area contributed by atoms with Crippen molar-refractivity contribution in [3.8, 4) is 0 Å². The van der Waals surface area contributed by atoms with Gasteiger partial charge in [0.05, 0.1) is 10.7 Å². The smallest absolute Gasteiger partial charge is 0.224 e. The molecule has 0 spiro atoms. The maximum absolute atomic E-state index is 11.7. The van der Waals surface area contributed by atoms with E-state index in [1.807, 2.05) is 0 Å². The minimum Gasteiger partial charge on any atom is -0.325 e. The van der Waals surface area contributed by atoms with Gasteiger partial charge in [-0.2, -0.15) is 0 Å². The molecule has 0 fully saturated rings. The van der Waals surface area contributed by atoms with Gasteiger partial charge in [0.2, 0.25) is 5.91 Å². The van der Waals surface area contributed by atoms with Crippen LogP contribution in [0.5, 0.6) is 0 Å². The molecule has 2 nitrogen and oxygen atoms in total. The van der Waals surface area contributed by atoms with Gasteiger partial charge in [0.25, 0.3) is 0 Å². The number of rotatable bonds is 8. The van der Waals surface area contributed by atoms with Crippen molar-refractivity contribution in [2.45, 2.75) is 51.9 Å². The largest absolute Gasteiger partial charge is 0.325 e. The first-order valence-corrected chi connectivity index (χ1v) is 7.64. The molecule has 1 N–H and O–H groups in total. The van der Waals surface area contributed by atoms with Gasteiger partial charge in [-0.1, -0.05) is 62.2 Å². The first kappa shape index (κ1) is 16.3. The molecule has 0 saturated heterocycles. The molecule has 0 aliphatic heterocycles. The van der Waals surface area contributed by atoms with Gasteiger partial charge in [0, 0.05) is 11.4 Å². The van der Waals surface area contributed by atoms with Crippen LogP contribution in [-0.4, -0.2) is 5.91 Å². The molecule has 0 aromatic heterocycles. The van der Waals surface area contributed by atoms with E-state index in [0.29, 0.717) is 22.2 Å². The zero-order valence-corrected chi connectivity index (χ0v) is 12.9. The van der Waals surface area contributed by atoms with E-state index in [1.54, 1.807) is 18.2 Å². The molecule has 0 atom stereocenters. The Kier molecular flexibility index (Phi) is 7.92. The molecule has 0 bridgehead atoms. The quantitative estimate of drug-likeness (QED) is 0.615. The summed E-state index contributed by atoms with van der Waals surface area (Å²) in [5.74, 6) is 0.0136. The van der Waals surface area contributed by atoms with Crippen LogP contribution in [0.4, 0.5) is 5.69 Å². The fourth-order valence-electron chi connectivity index (χ4n) is 1.87. The molecule has 106 valence electrons. The highest BCUT2D eigenvalue weighted by molar-refractivity contribution is 6.36. The molecule has 0 aliphatic rings. The summed E-state index contributed by atoms with van der Waals surface area (Å²) in [6.07, 6.45) is 7.60. The summed E-state index contributed by atoms with van der Waals surface area (Å²) in [7, 11) is 0. The molecule has 19 heavy (non-hydrogen) atoms. The van der Waals surface area contributed by atoms with Crippen molar-refractivity contribution in [3.05, 3.63) is 28.2 Å². The lowest BCUT2D eigenvalue weighted by atomic mass is 10.1. The summed E-state index contributed by atoms with van der Waals surface area (Å²) in [5, 5.41) is 3.85. The second-order valence-electron chi connectivity index (χ2n) is 4.69. The third-order valence-corrected chi connectivity index (χ3v) is 3.51. The Labute approximate surface area is 125 Å². The highest BCUT2D eigenvalue weighted by Crippen LogP contribution is 2.25. The monoisotopic (exact) mass is 301 g/mol. The average molecular weight is 302 g/mol. The highest BCUT2D eigenvalue weighted by Gasteiger charge is 2.06. The minimum absolute atomic E-state index is 0.0136. The molecule has 1 aromatic rings. The predicted octanol–water partition coefficient (Wildman–Crippen LogP) is 5.68. The summed E-state index contributed by atoms with van der Waals surface area (Å²) in [4.78, 5) is 11.7. The predicted molar refractivity (Wildman–Crippen MR) is 83.1 cm³/mol. The maximum atomic E-state index is 11.7. The molecule has 0 heterocycles. The highest BCUT2D eigenvalue weighted by atomic mass is 35.5. The minimum atomic E-state index is 0.0136. The van der Waals surface area contributed by atoms with E-state index < -0.39 is 0 Å². The lowest BCUT2D eigenvalue weighted by Gasteiger charge is -2.07. The first-order valence-electron chi connectivity index (χ1n) is 6.88. The summed E-state index contributed by atoms with van der Waals surface area (Å²) in [6.45, 7) is 2.20. The number of hydrogen-bond acceptors (Lipinski definition) is 1. The number of carbonyl (C=O) groups is 1. The van der Waals surface area contributed by atoms with Crippen LogP contribution in [0, 0.1) is 0 Å². The molecule has 0 saturated carbocycles. The summed E-state index contributed by atoms with van der Waals surface area (Å²) >= 11 is 11.8. The van der Waals surface area contributed by atoms with Crippen LogP contribution in [0.15, 0.2) is 18.2 Å². The Hall–Kier alpha value is -0.730. The maximum Gasteiger partial charge on any atom is 0.224 e. The Morgan fingerprint density at radius 3 is 2.47 bits per heavy atom. The van der Waals surface area contributed by atoms with Gasteiger partial charge in [-0.3, -0.25) is 4.79 Å². The van der Waals surface area contributed by atoms with Crippen molar-refractivity contribution in [1.82, 2.24) is 0 Å². The van der Waals surface area contributed by atoms with Crippen molar-refractivity contribution >= 4 is 34.8 Å². The number of amides is 1. The Balaban J connectivity index is 2.23. The number of unbranched alkanes of at least 4 members (excludes halogenated alkanes) is 5. The normalized spacial score (nSPS) is 10.5. The zero-order valence-electron chi connectivity index (χ0n) is 11.3. The van der Waals surface area contributed by atoms with Gasteiger partial charge < -0.3 is 5.32 Å². The van der Waals surface area contributed by atoms with Gasteiger partial charge in [-0.25, -0.2) is 0 Å². The van der Waals surface area contributed by atoms with Crippen LogP contribution in [0.25, 0.3) is 0 Å². The van der Waals surface area contributed by atoms with Gasteiger partial charge in [0.15, 0.2) is 0 Å². The molecule has 1 aromatic carbocycles. The third-order valence-electron chi connectivity index (χ3n) is 2.96. The zero-order chi connectivity index (χ0) is 14.1. The van der Waals surface area contributed by atoms with Crippen LogP contribution in [0.2, 0.25) is 10.0 Å². The van der Waals surface area contributed by atoms with Gasteiger partial charge in [0.1, 0.15) is 0 Å². The van der Waals surface area contributed by atoms with E-state index in [4.69, 9.17) is 23.2 Å². The average Bonchev–Trinajstić information content (AvgIpc) is 2.37. The van der Waals surface area contributed by atoms with Gasteiger partial charge in [-0.15, -0.1) is 0 Å². The van der Waals surface area contributed by atoms with Crippen molar-refractivity contribution in [2.24, 2.45) is 0 Å².